The molecule has 1 aliphatic heterocycles. The molecule has 3 aromatic carbocycles. The lowest BCUT2D eigenvalue weighted by Gasteiger charge is -2.26. The number of nitrogens with zero attached hydrogens (tertiary/aromatic N) is 2. The SMILES string of the molecule is COc1cc(OC)c(CN2C[C@@H](Cc3cc(Cl)ccc3OC)C(=O)N(C(=O)NCc3ccc(C(=O)O)c(N)c3)CC2=O)c(OC)c1. The Balaban J connectivity index is 1.66. The van der Waals surface area contributed by atoms with Crippen molar-refractivity contribution in [3.63, 3.8) is 0 Å². The molecule has 0 unspecified atom stereocenters. The summed E-state index contributed by atoms with van der Waals surface area (Å²) in [7, 11) is 5.96. The summed E-state index contributed by atoms with van der Waals surface area (Å²) in [5, 5.41) is 12.3. The van der Waals surface area contributed by atoms with Crippen molar-refractivity contribution in [1.82, 2.24) is 15.1 Å². The van der Waals surface area contributed by atoms with Crippen LogP contribution in [0.2, 0.25) is 5.02 Å². The molecule has 244 valence electrons. The zero-order valence-corrected chi connectivity index (χ0v) is 26.6. The summed E-state index contributed by atoms with van der Waals surface area (Å²) in [6.07, 6.45) is 0.111. The summed E-state index contributed by atoms with van der Waals surface area (Å²) in [5.74, 6) is -1.31. The van der Waals surface area contributed by atoms with Crippen LogP contribution in [-0.2, 0) is 29.1 Å². The number of anilines is 1. The number of ether oxygens (including phenoxy) is 4. The number of urea groups is 1. The Labute approximate surface area is 270 Å². The number of carbonyl (C=O) groups excluding carboxylic acids is 3. The number of rotatable bonds is 11. The Hall–Kier alpha value is -5.17. The molecule has 1 aliphatic rings. The normalized spacial score (nSPS) is 14.8. The Morgan fingerprint density at radius 2 is 1.63 bits per heavy atom. The number of methoxy groups -OCH3 is 4. The molecule has 0 spiro atoms. The fourth-order valence-corrected chi connectivity index (χ4v) is 5.44. The van der Waals surface area contributed by atoms with Gasteiger partial charge in [0, 0.05) is 35.9 Å². The average molecular weight is 655 g/mol. The van der Waals surface area contributed by atoms with E-state index in [4.69, 9.17) is 36.3 Å². The number of halogens is 1. The summed E-state index contributed by atoms with van der Waals surface area (Å²) in [6, 6.07) is 11.8. The van der Waals surface area contributed by atoms with Gasteiger partial charge in [-0.1, -0.05) is 17.7 Å². The minimum Gasteiger partial charge on any atom is -0.496 e. The predicted octanol–water partition coefficient (Wildman–Crippen LogP) is 3.59. The molecular formula is C32H35ClN4O9. The molecule has 1 atom stereocenters. The number of carboxylic acid groups (broad SMARTS) is 1. The van der Waals surface area contributed by atoms with Crippen molar-refractivity contribution in [3.05, 3.63) is 75.8 Å². The maximum absolute atomic E-state index is 14.0. The highest BCUT2D eigenvalue weighted by molar-refractivity contribution is 6.30. The van der Waals surface area contributed by atoms with Gasteiger partial charge in [-0.2, -0.15) is 0 Å². The first kappa shape index (κ1) is 33.7. The number of benzene rings is 3. The Kier molecular flexibility index (Phi) is 10.8. The van der Waals surface area contributed by atoms with Crippen LogP contribution in [0.5, 0.6) is 23.0 Å². The Morgan fingerprint density at radius 1 is 0.957 bits per heavy atom. The number of nitrogen functional groups attached to an aromatic ring is 1. The molecule has 1 heterocycles. The number of aromatic carboxylic acids is 1. The molecule has 4 N–H and O–H groups in total. The third kappa shape index (κ3) is 7.54. The van der Waals surface area contributed by atoms with Crippen LogP contribution in [0.3, 0.4) is 0 Å². The van der Waals surface area contributed by atoms with Crippen molar-refractivity contribution in [3.8, 4) is 23.0 Å². The molecule has 0 saturated carbocycles. The summed E-state index contributed by atoms with van der Waals surface area (Å²) in [4.78, 5) is 54.8. The summed E-state index contributed by atoms with van der Waals surface area (Å²) in [6.45, 7) is -0.634. The zero-order chi connectivity index (χ0) is 33.5. The monoisotopic (exact) mass is 654 g/mol. The first-order chi connectivity index (χ1) is 22.0. The van der Waals surface area contributed by atoms with E-state index in [9.17, 15) is 24.3 Å². The van der Waals surface area contributed by atoms with Crippen molar-refractivity contribution in [2.24, 2.45) is 5.92 Å². The topological polar surface area (TPSA) is 170 Å². The number of hydrogen-bond acceptors (Lipinski definition) is 9. The third-order valence-electron chi connectivity index (χ3n) is 7.61. The number of nitrogens with one attached hydrogen (secondary N) is 1. The molecule has 0 bridgehead atoms. The number of hydrogen-bond donors (Lipinski definition) is 3. The average Bonchev–Trinajstić information content (AvgIpc) is 3.15. The molecule has 0 aliphatic carbocycles. The minimum absolute atomic E-state index is 0.0102. The first-order valence-corrected chi connectivity index (χ1v) is 14.5. The summed E-state index contributed by atoms with van der Waals surface area (Å²) < 4.78 is 22.0. The van der Waals surface area contributed by atoms with E-state index in [1.54, 1.807) is 30.3 Å². The van der Waals surface area contributed by atoms with Crippen molar-refractivity contribution in [2.75, 3.05) is 47.3 Å². The van der Waals surface area contributed by atoms with Crippen LogP contribution in [-0.4, -0.2) is 80.2 Å². The molecular weight excluding hydrogens is 620 g/mol. The van der Waals surface area contributed by atoms with Gasteiger partial charge < -0.3 is 40.0 Å². The summed E-state index contributed by atoms with van der Waals surface area (Å²) >= 11 is 6.27. The maximum atomic E-state index is 14.0. The number of imide groups is 1. The van der Waals surface area contributed by atoms with Crippen LogP contribution >= 0.6 is 11.6 Å². The van der Waals surface area contributed by atoms with Crippen molar-refractivity contribution in [2.45, 2.75) is 19.5 Å². The molecule has 3 aromatic rings. The number of amides is 4. The number of nitrogens with two attached hydrogens (primary N) is 1. The smallest absolute Gasteiger partial charge is 0.337 e. The molecule has 4 rings (SSSR count). The van der Waals surface area contributed by atoms with Crippen molar-refractivity contribution < 1.29 is 43.2 Å². The predicted molar refractivity (Wildman–Crippen MR) is 168 cm³/mol. The maximum Gasteiger partial charge on any atom is 0.337 e. The van der Waals surface area contributed by atoms with Crippen LogP contribution in [0.4, 0.5) is 10.5 Å². The molecule has 0 radical (unpaired) electrons. The van der Waals surface area contributed by atoms with E-state index in [0.717, 1.165) is 4.90 Å². The van der Waals surface area contributed by atoms with Crippen molar-refractivity contribution in [1.29, 1.82) is 0 Å². The van der Waals surface area contributed by atoms with E-state index in [1.165, 1.54) is 51.5 Å². The molecule has 13 nitrogen and oxygen atoms in total. The quantitative estimate of drug-likeness (QED) is 0.260. The van der Waals surface area contributed by atoms with Gasteiger partial charge in [-0.05, 0) is 47.9 Å². The highest BCUT2D eigenvalue weighted by Gasteiger charge is 2.38. The Morgan fingerprint density at radius 3 is 2.22 bits per heavy atom. The Bertz CT molecular complexity index is 1620. The van der Waals surface area contributed by atoms with Gasteiger partial charge in [0.05, 0.1) is 52.0 Å². The van der Waals surface area contributed by atoms with Gasteiger partial charge in [0.15, 0.2) is 0 Å². The molecule has 1 saturated heterocycles. The molecule has 46 heavy (non-hydrogen) atoms. The largest absolute Gasteiger partial charge is 0.496 e. The van der Waals surface area contributed by atoms with E-state index in [0.29, 0.717) is 44.7 Å². The lowest BCUT2D eigenvalue weighted by atomic mass is 9.96. The van der Waals surface area contributed by atoms with Crippen molar-refractivity contribution >= 4 is 41.1 Å². The standard InChI is InChI=1S/C32H35ClN4O9/c1-43-22-12-27(45-3)24(28(13-22)46-4)16-36-15-20(10-19-11-21(33)6-8-26(19)44-2)30(39)37(17-29(36)38)32(42)35-14-18-5-7-23(31(40)41)25(34)9-18/h5-9,11-13,20H,10,14-17,34H2,1-4H3,(H,35,42)(H,40,41)/t20-/m1/s1. The fraction of sp³-hybridized carbons (Fsp3) is 0.312. The fourth-order valence-electron chi connectivity index (χ4n) is 5.24. The summed E-state index contributed by atoms with van der Waals surface area (Å²) in [5.41, 5.74) is 7.46. The molecule has 14 heteroatoms. The second kappa shape index (κ2) is 14.7. The zero-order valence-electron chi connectivity index (χ0n) is 25.8. The van der Waals surface area contributed by atoms with E-state index in [1.807, 2.05) is 0 Å². The van der Waals surface area contributed by atoms with Gasteiger partial charge in [-0.15, -0.1) is 0 Å². The third-order valence-corrected chi connectivity index (χ3v) is 7.85. The second-order valence-corrected chi connectivity index (χ2v) is 10.9. The molecule has 1 fully saturated rings. The van der Waals surface area contributed by atoms with Gasteiger partial charge in [0.2, 0.25) is 11.8 Å². The van der Waals surface area contributed by atoms with E-state index < -0.39 is 36.3 Å². The second-order valence-electron chi connectivity index (χ2n) is 10.5. The van der Waals surface area contributed by atoms with Gasteiger partial charge >= 0.3 is 12.0 Å². The van der Waals surface area contributed by atoms with E-state index >= 15 is 0 Å². The van der Waals surface area contributed by atoms with Gasteiger partial charge in [-0.3, -0.25) is 14.5 Å². The van der Waals surface area contributed by atoms with Crippen LogP contribution < -0.4 is 30.0 Å². The van der Waals surface area contributed by atoms with Gasteiger partial charge in [-0.25, -0.2) is 9.59 Å². The highest BCUT2D eigenvalue weighted by Crippen LogP contribution is 2.36. The first-order valence-electron chi connectivity index (χ1n) is 14.1. The van der Waals surface area contributed by atoms with E-state index in [2.05, 4.69) is 5.32 Å². The number of carbonyl (C=O) groups is 4. The highest BCUT2D eigenvalue weighted by atomic mass is 35.5. The minimum atomic E-state index is -1.18. The molecule has 4 amide bonds. The lowest BCUT2D eigenvalue weighted by Crippen LogP contribution is -2.47. The number of carboxylic acids is 1. The van der Waals surface area contributed by atoms with Gasteiger partial charge in [0.1, 0.15) is 29.5 Å². The van der Waals surface area contributed by atoms with Crippen LogP contribution in [0, 0.1) is 5.92 Å². The van der Waals surface area contributed by atoms with E-state index in [-0.39, 0.29) is 37.3 Å². The van der Waals surface area contributed by atoms with Crippen LogP contribution in [0.15, 0.2) is 48.5 Å². The van der Waals surface area contributed by atoms with Crippen LogP contribution in [0.25, 0.3) is 0 Å². The molecule has 0 aromatic heterocycles. The lowest BCUT2D eigenvalue weighted by molar-refractivity contribution is -0.135. The van der Waals surface area contributed by atoms with Gasteiger partial charge in [0.25, 0.3) is 0 Å². The van der Waals surface area contributed by atoms with Crippen LogP contribution in [0.1, 0.15) is 27.0 Å².